The van der Waals surface area contributed by atoms with Gasteiger partial charge < -0.3 is 12.4 Å². The number of hydrogen-bond acceptors (Lipinski definition) is 1. The summed E-state index contributed by atoms with van der Waals surface area (Å²) in [4.78, 5) is 0. The van der Waals surface area contributed by atoms with Gasteiger partial charge in [-0.05, 0) is 0 Å². The van der Waals surface area contributed by atoms with Crippen LogP contribution in [0.4, 0.5) is 0 Å². The van der Waals surface area contributed by atoms with Crippen molar-refractivity contribution in [1.82, 2.24) is 0 Å². The summed E-state index contributed by atoms with van der Waals surface area (Å²) in [6.07, 6.45) is 0. The zero-order valence-corrected chi connectivity index (χ0v) is 14.7. The van der Waals surface area contributed by atoms with Crippen LogP contribution in [0.3, 0.4) is 0 Å². The Morgan fingerprint density at radius 2 is 1.59 bits per heavy atom. The van der Waals surface area contributed by atoms with E-state index in [1.165, 1.54) is 5.56 Å². The minimum Gasteiger partial charge on any atom is -1.00 e. The third-order valence-electron chi connectivity index (χ3n) is 3.39. The molecule has 1 nitrogen and oxygen atoms in total. The van der Waals surface area contributed by atoms with Crippen molar-refractivity contribution in [2.24, 2.45) is 0 Å². The molecule has 17 heavy (non-hydrogen) atoms. The number of benzene rings is 1. The first-order chi connectivity index (χ1) is 7.26. The third-order valence-corrected chi connectivity index (χ3v) is 8.33. The summed E-state index contributed by atoms with van der Waals surface area (Å²) < 4.78 is 7.32. The van der Waals surface area contributed by atoms with Gasteiger partial charge in [0.05, 0.1) is 0 Å². The van der Waals surface area contributed by atoms with Gasteiger partial charge in [-0.2, -0.15) is 0 Å². The van der Waals surface area contributed by atoms with Crippen LogP contribution in [0.1, 0.15) is 26.3 Å². The first-order valence-corrected chi connectivity index (χ1v) is 9.74. The molecule has 0 radical (unpaired) electrons. The van der Waals surface area contributed by atoms with Crippen molar-refractivity contribution in [3.8, 4) is 5.75 Å². The molecule has 4 heteroatoms. The van der Waals surface area contributed by atoms with Crippen molar-refractivity contribution < 1.29 is 16.8 Å². The first-order valence-electron chi connectivity index (χ1n) is 5.83. The van der Waals surface area contributed by atoms with Crippen molar-refractivity contribution in [2.75, 3.05) is 0 Å². The minimum absolute atomic E-state index is 0. The average Bonchev–Trinajstić information content (AvgIpc) is 2.16. The SMILES string of the molecule is CC(C)(C)[Si](C)(C)Oc1ccc([CH2][Mg+])cc1.[Cl-]. The van der Waals surface area contributed by atoms with Gasteiger partial charge in [-0.15, -0.1) is 0 Å². The quantitative estimate of drug-likeness (QED) is 0.743. The van der Waals surface area contributed by atoms with E-state index in [0.717, 1.165) is 10.3 Å². The molecule has 1 aromatic carbocycles. The number of rotatable bonds is 3. The fourth-order valence-electron chi connectivity index (χ4n) is 1.17. The van der Waals surface area contributed by atoms with E-state index in [1.54, 1.807) is 0 Å². The van der Waals surface area contributed by atoms with E-state index in [1.807, 2.05) is 21.7 Å². The summed E-state index contributed by atoms with van der Waals surface area (Å²) in [7, 11) is -1.67. The molecule has 0 fully saturated rings. The molecular formula is C13H21ClMgOSi. The molecule has 0 aliphatic heterocycles. The van der Waals surface area contributed by atoms with E-state index in [2.05, 4.69) is 58.1 Å². The molecular weight excluding hydrogens is 260 g/mol. The minimum atomic E-state index is -1.67. The van der Waals surface area contributed by atoms with Crippen LogP contribution in [-0.2, 0) is 4.55 Å². The Morgan fingerprint density at radius 1 is 1.12 bits per heavy atom. The molecule has 1 aromatic rings. The van der Waals surface area contributed by atoms with Crippen molar-refractivity contribution in [3.63, 3.8) is 0 Å². The van der Waals surface area contributed by atoms with Gasteiger partial charge in [0.2, 0.25) is 0 Å². The molecule has 0 aromatic heterocycles. The zero-order valence-electron chi connectivity index (χ0n) is 11.5. The van der Waals surface area contributed by atoms with Gasteiger partial charge in [-0.3, -0.25) is 0 Å². The standard InChI is InChI=1S/C13H21OSi.ClH.Mg/c1-11-7-9-12(10-8-11)14-15(5,6)13(2,3)4;;/h7-10H,1H2,2-6H3;1H;/q;;+1/p-1. The van der Waals surface area contributed by atoms with Crippen molar-refractivity contribution in [1.29, 1.82) is 0 Å². The number of hydrogen-bond donors (Lipinski definition) is 0. The Kier molecular flexibility index (Phi) is 6.57. The van der Waals surface area contributed by atoms with Gasteiger partial charge in [0.1, 0.15) is 0 Å². The van der Waals surface area contributed by atoms with Crippen LogP contribution in [0.25, 0.3) is 0 Å². The molecule has 0 spiro atoms. The monoisotopic (exact) mass is 280 g/mol. The largest absolute Gasteiger partial charge is 1.00 e. The summed E-state index contributed by atoms with van der Waals surface area (Å²) in [6.45, 7) is 11.4. The molecule has 0 saturated heterocycles. The molecule has 0 unspecified atom stereocenters. The van der Waals surface area contributed by atoms with E-state index in [9.17, 15) is 0 Å². The van der Waals surface area contributed by atoms with Gasteiger partial charge in [0.25, 0.3) is 0 Å². The second-order valence-electron chi connectivity index (χ2n) is 5.76. The van der Waals surface area contributed by atoms with Crippen LogP contribution >= 0.6 is 0 Å². The Hall–Kier alpha value is 0.293. The molecule has 0 amide bonds. The predicted molar refractivity (Wildman–Crippen MR) is 73.7 cm³/mol. The fourth-order valence-corrected chi connectivity index (χ4v) is 2.54. The Balaban J connectivity index is 0.00000256. The molecule has 0 atom stereocenters. The molecule has 0 heterocycles. The van der Waals surface area contributed by atoms with Crippen LogP contribution in [0.5, 0.6) is 5.75 Å². The van der Waals surface area contributed by atoms with Crippen LogP contribution in [-0.4, -0.2) is 30.0 Å². The van der Waals surface area contributed by atoms with Crippen molar-refractivity contribution >= 4 is 30.0 Å². The maximum absolute atomic E-state index is 6.21. The second-order valence-corrected chi connectivity index (χ2v) is 11.0. The summed E-state index contributed by atoms with van der Waals surface area (Å²) in [5.74, 6) is 1.02. The van der Waals surface area contributed by atoms with Crippen molar-refractivity contribution in [3.05, 3.63) is 29.8 Å². The predicted octanol–water partition coefficient (Wildman–Crippen LogP) is 0.743. The van der Waals surface area contributed by atoms with Gasteiger partial charge >= 0.3 is 113 Å². The van der Waals surface area contributed by atoms with Crippen LogP contribution < -0.4 is 16.8 Å². The normalized spacial score (nSPS) is 11.9. The van der Waals surface area contributed by atoms with Gasteiger partial charge in [-0.25, -0.2) is 0 Å². The van der Waals surface area contributed by atoms with Crippen LogP contribution in [0.2, 0.25) is 18.1 Å². The third kappa shape index (κ3) is 4.81. The van der Waals surface area contributed by atoms with Gasteiger partial charge in [0.15, 0.2) is 0 Å². The summed E-state index contributed by atoms with van der Waals surface area (Å²) in [5, 5.41) is 0.262. The maximum atomic E-state index is 6.21. The second kappa shape index (κ2) is 6.46. The van der Waals surface area contributed by atoms with E-state index >= 15 is 0 Å². The smallest absolute Gasteiger partial charge is 1.00 e. The number of halogens is 1. The maximum Gasteiger partial charge on any atom is -1.00 e. The Bertz CT molecular complexity index is 343. The molecule has 92 valence electrons. The zero-order chi connectivity index (χ0) is 12.4. The molecule has 1 rings (SSSR count). The van der Waals surface area contributed by atoms with E-state index in [-0.39, 0.29) is 17.4 Å². The van der Waals surface area contributed by atoms with Crippen LogP contribution in [0.15, 0.2) is 24.3 Å². The summed E-state index contributed by atoms with van der Waals surface area (Å²) in [5.41, 5.74) is 1.38. The Labute approximate surface area is 125 Å². The molecule has 0 saturated carbocycles. The Morgan fingerprint density at radius 3 is 1.94 bits per heavy atom. The fraction of sp³-hybridized carbons (Fsp3) is 0.538. The molecule has 0 aliphatic carbocycles. The van der Waals surface area contributed by atoms with E-state index < -0.39 is 8.32 Å². The molecule has 0 aliphatic rings. The van der Waals surface area contributed by atoms with Crippen molar-refractivity contribution in [2.45, 2.75) is 43.5 Å². The summed E-state index contributed by atoms with van der Waals surface area (Å²) in [6, 6.07) is 8.53. The van der Waals surface area contributed by atoms with Crippen LogP contribution in [0, 0.1) is 0 Å². The molecule has 0 bridgehead atoms. The average molecular weight is 281 g/mol. The van der Waals surface area contributed by atoms with Gasteiger partial charge in [0, 0.05) is 0 Å². The topological polar surface area (TPSA) is 9.23 Å². The summed E-state index contributed by atoms with van der Waals surface area (Å²) >= 11 is 1.98. The van der Waals surface area contributed by atoms with E-state index in [0.29, 0.717) is 0 Å². The van der Waals surface area contributed by atoms with Gasteiger partial charge in [-0.1, -0.05) is 0 Å². The van der Waals surface area contributed by atoms with E-state index in [4.69, 9.17) is 4.43 Å². The first kappa shape index (κ1) is 17.3. The molecule has 0 N–H and O–H groups in total.